The summed E-state index contributed by atoms with van der Waals surface area (Å²) in [6.45, 7) is 3.66. The molecule has 0 saturated heterocycles. The van der Waals surface area contributed by atoms with Crippen LogP contribution in [0.15, 0.2) is 30.3 Å². The number of hydrogen-bond donors (Lipinski definition) is 1. The second-order valence-electron chi connectivity index (χ2n) is 4.92. The summed E-state index contributed by atoms with van der Waals surface area (Å²) in [4.78, 5) is 11.9. The zero-order chi connectivity index (χ0) is 14.1. The highest BCUT2D eigenvalue weighted by atomic mass is 16.5. The van der Waals surface area contributed by atoms with Crippen molar-refractivity contribution in [3.8, 4) is 17.0 Å². The zero-order valence-corrected chi connectivity index (χ0v) is 11.8. The van der Waals surface area contributed by atoms with Crippen molar-refractivity contribution >= 4 is 5.91 Å². The molecule has 2 aromatic rings. The monoisotopic (exact) mass is 270 g/mol. The van der Waals surface area contributed by atoms with Gasteiger partial charge in [0.2, 0.25) is 0 Å². The Kier molecular flexibility index (Phi) is 3.22. The number of benzene rings is 1. The van der Waals surface area contributed by atoms with Crippen LogP contribution in [0.2, 0.25) is 0 Å². The minimum atomic E-state index is 0.0194. The SMILES string of the molecule is CCCn1c(-c2ccccc2OC)cc2c1CNC2=O. The molecule has 0 bridgehead atoms. The first-order chi connectivity index (χ1) is 9.76. The predicted octanol–water partition coefficient (Wildman–Crippen LogP) is 2.82. The molecule has 1 aromatic heterocycles. The van der Waals surface area contributed by atoms with E-state index in [4.69, 9.17) is 4.74 Å². The molecule has 3 rings (SSSR count). The van der Waals surface area contributed by atoms with Crippen LogP contribution in [0.1, 0.15) is 29.4 Å². The third-order valence-electron chi connectivity index (χ3n) is 3.70. The fraction of sp³-hybridized carbons (Fsp3) is 0.312. The molecule has 20 heavy (non-hydrogen) atoms. The number of rotatable bonds is 4. The molecule has 0 saturated carbocycles. The minimum Gasteiger partial charge on any atom is -0.496 e. The summed E-state index contributed by atoms with van der Waals surface area (Å²) in [5.41, 5.74) is 3.96. The summed E-state index contributed by atoms with van der Waals surface area (Å²) in [6, 6.07) is 9.91. The number of para-hydroxylation sites is 1. The van der Waals surface area contributed by atoms with Gasteiger partial charge in [0.05, 0.1) is 30.6 Å². The Morgan fingerprint density at radius 3 is 2.85 bits per heavy atom. The lowest BCUT2D eigenvalue weighted by atomic mass is 10.1. The molecule has 4 nitrogen and oxygen atoms in total. The predicted molar refractivity (Wildman–Crippen MR) is 77.9 cm³/mol. The Morgan fingerprint density at radius 2 is 2.10 bits per heavy atom. The lowest BCUT2D eigenvalue weighted by Crippen LogP contribution is -2.14. The Labute approximate surface area is 118 Å². The smallest absolute Gasteiger partial charge is 0.253 e. The van der Waals surface area contributed by atoms with Crippen molar-refractivity contribution in [2.75, 3.05) is 7.11 Å². The lowest BCUT2D eigenvalue weighted by molar-refractivity contribution is 0.0965. The molecule has 4 heteroatoms. The summed E-state index contributed by atoms with van der Waals surface area (Å²) in [7, 11) is 1.67. The van der Waals surface area contributed by atoms with Crippen LogP contribution in [0, 0.1) is 0 Å². The number of carbonyl (C=O) groups excluding carboxylic acids is 1. The Hall–Kier alpha value is -2.23. The van der Waals surface area contributed by atoms with Crippen molar-refractivity contribution in [2.45, 2.75) is 26.4 Å². The van der Waals surface area contributed by atoms with E-state index in [0.29, 0.717) is 6.54 Å². The van der Waals surface area contributed by atoms with Crippen molar-refractivity contribution in [2.24, 2.45) is 0 Å². The number of hydrogen-bond acceptors (Lipinski definition) is 2. The van der Waals surface area contributed by atoms with E-state index >= 15 is 0 Å². The van der Waals surface area contributed by atoms with Crippen LogP contribution in [0.4, 0.5) is 0 Å². The molecule has 1 aromatic carbocycles. The van der Waals surface area contributed by atoms with Gasteiger partial charge in [0.25, 0.3) is 5.91 Å². The van der Waals surface area contributed by atoms with Gasteiger partial charge in [-0.3, -0.25) is 4.79 Å². The van der Waals surface area contributed by atoms with Crippen LogP contribution in [-0.4, -0.2) is 17.6 Å². The van der Waals surface area contributed by atoms with E-state index in [1.165, 1.54) is 0 Å². The third kappa shape index (κ3) is 1.88. The third-order valence-corrected chi connectivity index (χ3v) is 3.70. The van der Waals surface area contributed by atoms with Crippen LogP contribution in [0.5, 0.6) is 5.75 Å². The van der Waals surface area contributed by atoms with E-state index in [2.05, 4.69) is 16.8 Å². The summed E-state index contributed by atoms with van der Waals surface area (Å²) in [5.74, 6) is 0.854. The first-order valence-corrected chi connectivity index (χ1v) is 6.90. The largest absolute Gasteiger partial charge is 0.496 e. The van der Waals surface area contributed by atoms with E-state index < -0.39 is 0 Å². The number of methoxy groups -OCH3 is 1. The van der Waals surface area contributed by atoms with Crippen LogP contribution >= 0.6 is 0 Å². The van der Waals surface area contributed by atoms with Gasteiger partial charge in [0.15, 0.2) is 0 Å². The first-order valence-electron chi connectivity index (χ1n) is 6.90. The average molecular weight is 270 g/mol. The number of carbonyl (C=O) groups is 1. The van der Waals surface area contributed by atoms with E-state index in [0.717, 1.165) is 41.2 Å². The fourth-order valence-electron chi connectivity index (χ4n) is 2.79. The molecule has 0 fully saturated rings. The van der Waals surface area contributed by atoms with Crippen LogP contribution in [-0.2, 0) is 13.1 Å². The molecule has 1 N–H and O–H groups in total. The van der Waals surface area contributed by atoms with Gasteiger partial charge in [0.1, 0.15) is 5.75 Å². The number of amides is 1. The highest BCUT2D eigenvalue weighted by molar-refractivity contribution is 5.99. The van der Waals surface area contributed by atoms with Crippen molar-refractivity contribution in [1.29, 1.82) is 0 Å². The lowest BCUT2D eigenvalue weighted by Gasteiger charge is -2.14. The van der Waals surface area contributed by atoms with Crippen LogP contribution < -0.4 is 10.1 Å². The maximum absolute atomic E-state index is 11.9. The maximum Gasteiger partial charge on any atom is 0.253 e. The average Bonchev–Trinajstić information content (AvgIpc) is 3.01. The van der Waals surface area contributed by atoms with Gasteiger partial charge >= 0.3 is 0 Å². The van der Waals surface area contributed by atoms with Crippen LogP contribution in [0.25, 0.3) is 11.3 Å². The summed E-state index contributed by atoms with van der Waals surface area (Å²) in [6.07, 6.45) is 1.03. The van der Waals surface area contributed by atoms with E-state index in [1.807, 2.05) is 30.3 Å². The van der Waals surface area contributed by atoms with E-state index in [1.54, 1.807) is 7.11 Å². The highest BCUT2D eigenvalue weighted by Gasteiger charge is 2.26. The fourth-order valence-corrected chi connectivity index (χ4v) is 2.79. The highest BCUT2D eigenvalue weighted by Crippen LogP contribution is 2.34. The number of nitrogens with one attached hydrogen (secondary N) is 1. The minimum absolute atomic E-state index is 0.0194. The topological polar surface area (TPSA) is 43.3 Å². The summed E-state index contributed by atoms with van der Waals surface area (Å²) >= 11 is 0. The molecule has 104 valence electrons. The Morgan fingerprint density at radius 1 is 1.30 bits per heavy atom. The number of ether oxygens (including phenoxy) is 1. The van der Waals surface area contributed by atoms with E-state index in [-0.39, 0.29) is 5.91 Å². The van der Waals surface area contributed by atoms with Crippen molar-refractivity contribution < 1.29 is 9.53 Å². The van der Waals surface area contributed by atoms with Gasteiger partial charge in [-0.1, -0.05) is 19.1 Å². The van der Waals surface area contributed by atoms with Crippen molar-refractivity contribution in [1.82, 2.24) is 9.88 Å². The quantitative estimate of drug-likeness (QED) is 0.928. The number of aromatic nitrogens is 1. The van der Waals surface area contributed by atoms with Crippen molar-refractivity contribution in [3.63, 3.8) is 0 Å². The summed E-state index contributed by atoms with van der Waals surface area (Å²) < 4.78 is 7.67. The molecular formula is C16H18N2O2. The van der Waals surface area contributed by atoms with Gasteiger partial charge in [-0.05, 0) is 24.6 Å². The normalized spacial score (nSPS) is 13.2. The maximum atomic E-state index is 11.9. The molecule has 1 aliphatic rings. The second kappa shape index (κ2) is 5.04. The Balaban J connectivity index is 2.18. The summed E-state index contributed by atoms with van der Waals surface area (Å²) in [5, 5.41) is 2.88. The van der Waals surface area contributed by atoms with Crippen molar-refractivity contribution in [3.05, 3.63) is 41.6 Å². The van der Waals surface area contributed by atoms with Gasteiger partial charge < -0.3 is 14.6 Å². The van der Waals surface area contributed by atoms with Gasteiger partial charge in [-0.15, -0.1) is 0 Å². The molecular weight excluding hydrogens is 252 g/mol. The molecule has 1 aliphatic heterocycles. The molecule has 0 aliphatic carbocycles. The van der Waals surface area contributed by atoms with Crippen LogP contribution in [0.3, 0.4) is 0 Å². The van der Waals surface area contributed by atoms with Gasteiger partial charge in [0, 0.05) is 12.1 Å². The number of fused-ring (bicyclic) bond motifs is 1. The molecule has 0 atom stereocenters. The van der Waals surface area contributed by atoms with Gasteiger partial charge in [-0.25, -0.2) is 0 Å². The second-order valence-corrected chi connectivity index (χ2v) is 4.92. The zero-order valence-electron chi connectivity index (χ0n) is 11.8. The number of nitrogens with zero attached hydrogens (tertiary/aromatic N) is 1. The van der Waals surface area contributed by atoms with Gasteiger partial charge in [-0.2, -0.15) is 0 Å². The molecule has 0 spiro atoms. The molecule has 1 amide bonds. The molecule has 0 radical (unpaired) electrons. The molecule has 2 heterocycles. The molecule has 0 unspecified atom stereocenters. The van der Waals surface area contributed by atoms with E-state index in [9.17, 15) is 4.79 Å². The first kappa shape index (κ1) is 12.8. The standard InChI is InChI=1S/C16H18N2O2/c1-3-8-18-13(9-12-14(18)10-17-16(12)19)11-6-4-5-7-15(11)20-2/h4-7,9H,3,8,10H2,1-2H3,(H,17,19). The Bertz CT molecular complexity index is 658.